The topological polar surface area (TPSA) is 58.2 Å². The number of anilines is 1. The highest BCUT2D eigenvalue weighted by molar-refractivity contribution is 9.10. The first-order valence-corrected chi connectivity index (χ1v) is 8.42. The second kappa shape index (κ2) is 6.55. The van der Waals surface area contributed by atoms with Crippen molar-refractivity contribution in [3.05, 3.63) is 58.3 Å². The SMILES string of the molecule is CNS(=O)(=O)c1ccccc1NCc1ccc(F)cc1Br. The van der Waals surface area contributed by atoms with Crippen LogP contribution in [-0.4, -0.2) is 15.5 Å². The zero-order valence-corrected chi connectivity index (χ0v) is 13.6. The number of hydrogen-bond acceptors (Lipinski definition) is 3. The minimum absolute atomic E-state index is 0.172. The molecule has 0 bridgehead atoms. The van der Waals surface area contributed by atoms with Gasteiger partial charge in [-0.3, -0.25) is 0 Å². The molecule has 0 saturated carbocycles. The Hall–Kier alpha value is -1.44. The number of rotatable bonds is 5. The molecule has 0 fully saturated rings. The predicted molar refractivity (Wildman–Crippen MR) is 84.1 cm³/mol. The molecule has 0 atom stereocenters. The van der Waals surface area contributed by atoms with Crippen LogP contribution in [0.4, 0.5) is 10.1 Å². The number of nitrogens with one attached hydrogen (secondary N) is 2. The Morgan fingerprint density at radius 3 is 2.57 bits per heavy atom. The van der Waals surface area contributed by atoms with E-state index in [0.29, 0.717) is 16.7 Å². The van der Waals surface area contributed by atoms with Crippen LogP contribution in [0.25, 0.3) is 0 Å². The van der Waals surface area contributed by atoms with Gasteiger partial charge in [0.15, 0.2) is 0 Å². The third-order valence-electron chi connectivity index (χ3n) is 2.93. The molecule has 0 spiro atoms. The lowest BCUT2D eigenvalue weighted by atomic mass is 10.2. The molecular weight excluding hydrogens is 359 g/mol. The zero-order chi connectivity index (χ0) is 15.5. The van der Waals surface area contributed by atoms with Crippen molar-refractivity contribution in [1.29, 1.82) is 0 Å². The molecule has 0 heterocycles. The summed E-state index contributed by atoms with van der Waals surface area (Å²) in [6.45, 7) is 0.372. The van der Waals surface area contributed by atoms with Gasteiger partial charge in [0.1, 0.15) is 10.7 Å². The maximum absolute atomic E-state index is 13.0. The first kappa shape index (κ1) is 15.9. The van der Waals surface area contributed by atoms with Crippen molar-refractivity contribution in [2.45, 2.75) is 11.4 Å². The smallest absolute Gasteiger partial charge is 0.242 e. The van der Waals surface area contributed by atoms with Crippen LogP contribution < -0.4 is 10.0 Å². The van der Waals surface area contributed by atoms with Crippen LogP contribution in [0.5, 0.6) is 0 Å². The first-order chi connectivity index (χ1) is 9.94. The van der Waals surface area contributed by atoms with Crippen molar-refractivity contribution < 1.29 is 12.8 Å². The number of sulfonamides is 1. The van der Waals surface area contributed by atoms with E-state index in [-0.39, 0.29) is 10.7 Å². The van der Waals surface area contributed by atoms with Gasteiger partial charge >= 0.3 is 0 Å². The standard InChI is InChI=1S/C14H14BrFN2O2S/c1-17-21(19,20)14-5-3-2-4-13(14)18-9-10-6-7-11(16)8-12(10)15/h2-8,17-18H,9H2,1H3. The van der Waals surface area contributed by atoms with Crippen molar-refractivity contribution in [3.63, 3.8) is 0 Å². The van der Waals surface area contributed by atoms with Gasteiger partial charge in [0.2, 0.25) is 10.0 Å². The molecule has 0 unspecified atom stereocenters. The minimum atomic E-state index is -3.53. The Kier molecular flexibility index (Phi) is 4.97. The van der Waals surface area contributed by atoms with Crippen LogP contribution >= 0.6 is 15.9 Å². The van der Waals surface area contributed by atoms with E-state index in [1.165, 1.54) is 25.2 Å². The van der Waals surface area contributed by atoms with Gasteiger partial charge in [-0.05, 0) is 36.9 Å². The molecule has 112 valence electrons. The number of para-hydroxylation sites is 1. The van der Waals surface area contributed by atoms with Crippen LogP contribution in [0, 0.1) is 5.82 Å². The molecular formula is C14H14BrFN2O2S. The summed E-state index contributed by atoms with van der Waals surface area (Å²) < 4.78 is 39.8. The van der Waals surface area contributed by atoms with Crippen molar-refractivity contribution >= 4 is 31.6 Å². The minimum Gasteiger partial charge on any atom is -0.380 e. The molecule has 7 heteroatoms. The summed E-state index contributed by atoms with van der Waals surface area (Å²) >= 11 is 3.28. The molecule has 4 nitrogen and oxygen atoms in total. The van der Waals surface area contributed by atoms with Crippen molar-refractivity contribution in [2.75, 3.05) is 12.4 Å². The largest absolute Gasteiger partial charge is 0.380 e. The Bertz CT molecular complexity index is 750. The molecule has 0 aliphatic rings. The van der Waals surface area contributed by atoms with E-state index in [2.05, 4.69) is 26.0 Å². The van der Waals surface area contributed by atoms with Gasteiger partial charge in [-0.2, -0.15) is 0 Å². The lowest BCUT2D eigenvalue weighted by molar-refractivity contribution is 0.588. The van der Waals surface area contributed by atoms with E-state index in [0.717, 1.165) is 5.56 Å². The summed E-state index contributed by atoms with van der Waals surface area (Å²) in [4.78, 5) is 0.172. The highest BCUT2D eigenvalue weighted by Crippen LogP contribution is 2.23. The molecule has 2 aromatic rings. The Morgan fingerprint density at radius 2 is 1.90 bits per heavy atom. The Labute approximate surface area is 131 Å². The highest BCUT2D eigenvalue weighted by Gasteiger charge is 2.15. The second-order valence-electron chi connectivity index (χ2n) is 4.29. The fourth-order valence-electron chi connectivity index (χ4n) is 1.81. The van der Waals surface area contributed by atoms with E-state index < -0.39 is 10.0 Å². The van der Waals surface area contributed by atoms with Crippen LogP contribution in [0.2, 0.25) is 0 Å². The summed E-state index contributed by atoms with van der Waals surface area (Å²) in [5.74, 6) is -0.330. The van der Waals surface area contributed by atoms with Gasteiger partial charge in [-0.15, -0.1) is 0 Å². The normalized spacial score (nSPS) is 11.4. The number of halogens is 2. The summed E-state index contributed by atoms with van der Waals surface area (Å²) in [5, 5.41) is 3.06. The fourth-order valence-corrected chi connectivity index (χ4v) is 3.21. The summed E-state index contributed by atoms with van der Waals surface area (Å²) in [6, 6.07) is 11.0. The summed E-state index contributed by atoms with van der Waals surface area (Å²) in [5.41, 5.74) is 1.32. The Balaban J connectivity index is 2.25. The van der Waals surface area contributed by atoms with Crippen molar-refractivity contribution in [2.24, 2.45) is 0 Å². The zero-order valence-electron chi connectivity index (χ0n) is 11.2. The highest BCUT2D eigenvalue weighted by atomic mass is 79.9. The molecule has 0 radical (unpaired) electrons. The van der Waals surface area contributed by atoms with Crippen LogP contribution in [0.15, 0.2) is 51.8 Å². The average Bonchev–Trinajstić information content (AvgIpc) is 2.46. The quantitative estimate of drug-likeness (QED) is 0.847. The number of hydrogen-bond donors (Lipinski definition) is 2. The van der Waals surface area contributed by atoms with Gasteiger partial charge in [0.25, 0.3) is 0 Å². The van der Waals surface area contributed by atoms with E-state index >= 15 is 0 Å². The van der Waals surface area contributed by atoms with Crippen molar-refractivity contribution in [3.8, 4) is 0 Å². The number of benzene rings is 2. The summed E-state index contributed by atoms with van der Waals surface area (Å²) in [7, 11) is -2.17. The molecule has 0 saturated heterocycles. The molecule has 0 amide bonds. The lowest BCUT2D eigenvalue weighted by Gasteiger charge is -2.12. The third kappa shape index (κ3) is 3.81. The van der Waals surface area contributed by atoms with Crippen molar-refractivity contribution in [1.82, 2.24) is 4.72 Å². The molecule has 0 aromatic heterocycles. The van der Waals surface area contributed by atoms with Crippen LogP contribution in [-0.2, 0) is 16.6 Å². The van der Waals surface area contributed by atoms with E-state index in [1.807, 2.05) is 0 Å². The maximum atomic E-state index is 13.0. The fraction of sp³-hybridized carbons (Fsp3) is 0.143. The monoisotopic (exact) mass is 372 g/mol. The molecule has 2 rings (SSSR count). The predicted octanol–water partition coefficient (Wildman–Crippen LogP) is 3.11. The third-order valence-corrected chi connectivity index (χ3v) is 5.14. The van der Waals surface area contributed by atoms with Crippen LogP contribution in [0.3, 0.4) is 0 Å². The molecule has 0 aliphatic heterocycles. The van der Waals surface area contributed by atoms with Gasteiger partial charge in [-0.1, -0.05) is 34.1 Å². The van der Waals surface area contributed by atoms with E-state index in [1.54, 1.807) is 24.3 Å². The molecule has 21 heavy (non-hydrogen) atoms. The van der Waals surface area contributed by atoms with E-state index in [9.17, 15) is 12.8 Å². The van der Waals surface area contributed by atoms with Gasteiger partial charge in [0, 0.05) is 11.0 Å². The van der Waals surface area contributed by atoms with Gasteiger partial charge in [-0.25, -0.2) is 17.5 Å². The molecule has 0 aliphatic carbocycles. The lowest BCUT2D eigenvalue weighted by Crippen LogP contribution is -2.20. The average molecular weight is 373 g/mol. The first-order valence-electron chi connectivity index (χ1n) is 6.14. The second-order valence-corrected chi connectivity index (χ2v) is 7.00. The van der Waals surface area contributed by atoms with Gasteiger partial charge < -0.3 is 5.32 Å². The van der Waals surface area contributed by atoms with Gasteiger partial charge in [0.05, 0.1) is 5.69 Å². The summed E-state index contributed by atoms with van der Waals surface area (Å²) in [6.07, 6.45) is 0. The molecule has 2 aromatic carbocycles. The molecule has 2 N–H and O–H groups in total. The Morgan fingerprint density at radius 1 is 1.19 bits per heavy atom. The van der Waals surface area contributed by atoms with Crippen LogP contribution in [0.1, 0.15) is 5.56 Å². The van der Waals surface area contributed by atoms with E-state index in [4.69, 9.17) is 0 Å². The maximum Gasteiger partial charge on any atom is 0.242 e.